The number of thiophene rings is 1. The third-order valence-electron chi connectivity index (χ3n) is 2.41. The van der Waals surface area contributed by atoms with Crippen molar-refractivity contribution < 1.29 is 4.79 Å². The average Bonchev–Trinajstić information content (AvgIpc) is 2.82. The molecule has 4 heteroatoms. The molecule has 1 heterocycles. The largest absolute Gasteiger partial charge is 0.337 e. The van der Waals surface area contributed by atoms with Crippen molar-refractivity contribution in [1.82, 2.24) is 4.90 Å². The summed E-state index contributed by atoms with van der Waals surface area (Å²) in [6.45, 7) is 0.669. The van der Waals surface area contributed by atoms with E-state index in [1.54, 1.807) is 16.2 Å². The van der Waals surface area contributed by atoms with Gasteiger partial charge in [0.25, 0.3) is 5.91 Å². The summed E-state index contributed by atoms with van der Waals surface area (Å²) in [5.74, 6) is 0.0646. The molecule has 0 bridgehead atoms. The van der Waals surface area contributed by atoms with Gasteiger partial charge in [0, 0.05) is 21.1 Å². The quantitative estimate of drug-likeness (QED) is 0.769. The number of carbonyl (C=O) groups excluding carboxylic acids is 1. The number of hydrogen-bond donors (Lipinski definition) is 0. The van der Waals surface area contributed by atoms with Crippen molar-refractivity contribution in [2.24, 2.45) is 0 Å². The van der Waals surface area contributed by atoms with Crippen LogP contribution in [0.5, 0.6) is 0 Å². The Kier molecular flexibility index (Phi) is 4.17. The van der Waals surface area contributed by atoms with Crippen LogP contribution in [-0.2, 0) is 6.54 Å². The zero-order valence-electron chi connectivity index (χ0n) is 9.39. The molecular formula is C13H12INOS. The van der Waals surface area contributed by atoms with E-state index in [2.05, 4.69) is 22.6 Å². The molecule has 1 amide bonds. The van der Waals surface area contributed by atoms with Gasteiger partial charge in [-0.25, -0.2) is 0 Å². The predicted molar refractivity (Wildman–Crippen MR) is 79.3 cm³/mol. The van der Waals surface area contributed by atoms with Crippen LogP contribution in [0.4, 0.5) is 0 Å². The monoisotopic (exact) mass is 357 g/mol. The lowest BCUT2D eigenvalue weighted by atomic mass is 10.2. The lowest BCUT2D eigenvalue weighted by molar-refractivity contribution is 0.0786. The summed E-state index contributed by atoms with van der Waals surface area (Å²) in [5.41, 5.74) is 0.740. The molecular weight excluding hydrogens is 345 g/mol. The van der Waals surface area contributed by atoms with Gasteiger partial charge in [-0.2, -0.15) is 0 Å². The van der Waals surface area contributed by atoms with Crippen LogP contribution in [0.3, 0.4) is 0 Å². The van der Waals surface area contributed by atoms with Crippen LogP contribution < -0.4 is 0 Å². The molecule has 0 fully saturated rings. The summed E-state index contributed by atoms with van der Waals surface area (Å²) in [7, 11) is 1.83. The number of benzene rings is 1. The zero-order valence-corrected chi connectivity index (χ0v) is 12.4. The summed E-state index contributed by atoms with van der Waals surface area (Å²) >= 11 is 3.90. The summed E-state index contributed by atoms with van der Waals surface area (Å²) in [6.07, 6.45) is 0. The zero-order chi connectivity index (χ0) is 12.3. The van der Waals surface area contributed by atoms with Gasteiger partial charge in [0.1, 0.15) is 0 Å². The summed E-state index contributed by atoms with van der Waals surface area (Å²) in [6, 6.07) is 11.7. The smallest absolute Gasteiger partial charge is 0.253 e. The van der Waals surface area contributed by atoms with Crippen LogP contribution in [0.15, 0.2) is 41.8 Å². The summed E-state index contributed by atoms with van der Waals surface area (Å²) in [5, 5.41) is 2.03. The molecule has 1 aromatic carbocycles. The van der Waals surface area contributed by atoms with Crippen LogP contribution in [0.1, 0.15) is 15.2 Å². The fraction of sp³-hybridized carbons (Fsp3) is 0.154. The highest BCUT2D eigenvalue weighted by molar-refractivity contribution is 14.1. The standard InChI is InChI=1S/C13H12INOS/c1-15(9-12-3-2-8-17-12)13(16)10-4-6-11(14)7-5-10/h2-8H,9H2,1H3. The fourth-order valence-corrected chi connectivity index (χ4v) is 2.64. The van der Waals surface area contributed by atoms with Gasteiger partial charge >= 0.3 is 0 Å². The number of carbonyl (C=O) groups is 1. The minimum atomic E-state index is 0.0646. The molecule has 0 saturated heterocycles. The third kappa shape index (κ3) is 3.29. The van der Waals surface area contributed by atoms with Gasteiger partial charge in [-0.05, 0) is 58.3 Å². The summed E-state index contributed by atoms with van der Waals surface area (Å²) in [4.78, 5) is 15.1. The normalized spacial score (nSPS) is 10.2. The van der Waals surface area contributed by atoms with E-state index in [-0.39, 0.29) is 5.91 Å². The topological polar surface area (TPSA) is 20.3 Å². The Hall–Kier alpha value is -0.880. The molecule has 0 saturated carbocycles. The van der Waals surface area contributed by atoms with E-state index in [0.29, 0.717) is 6.54 Å². The number of nitrogens with zero attached hydrogens (tertiary/aromatic N) is 1. The highest BCUT2D eigenvalue weighted by atomic mass is 127. The van der Waals surface area contributed by atoms with Crippen LogP contribution >= 0.6 is 33.9 Å². The molecule has 0 unspecified atom stereocenters. The van der Waals surface area contributed by atoms with E-state index >= 15 is 0 Å². The number of amides is 1. The molecule has 0 aliphatic heterocycles. The first kappa shape index (κ1) is 12.6. The second kappa shape index (κ2) is 5.64. The Balaban J connectivity index is 2.07. The lowest BCUT2D eigenvalue weighted by Crippen LogP contribution is -2.25. The van der Waals surface area contributed by atoms with E-state index in [1.165, 1.54) is 4.88 Å². The van der Waals surface area contributed by atoms with Crippen molar-refractivity contribution in [2.45, 2.75) is 6.54 Å². The van der Waals surface area contributed by atoms with Crippen molar-refractivity contribution in [3.05, 3.63) is 55.8 Å². The predicted octanol–water partition coefficient (Wildman–Crippen LogP) is 3.62. The van der Waals surface area contributed by atoms with Gasteiger partial charge in [0.15, 0.2) is 0 Å². The SMILES string of the molecule is CN(Cc1cccs1)C(=O)c1ccc(I)cc1. The molecule has 0 spiro atoms. The average molecular weight is 357 g/mol. The van der Waals surface area contributed by atoms with Gasteiger partial charge in [0.05, 0.1) is 6.54 Å². The molecule has 0 aliphatic rings. The van der Waals surface area contributed by atoms with Crippen LogP contribution in [0.2, 0.25) is 0 Å². The van der Waals surface area contributed by atoms with Gasteiger partial charge in [-0.15, -0.1) is 11.3 Å². The first-order valence-corrected chi connectivity index (χ1v) is 7.16. The maximum absolute atomic E-state index is 12.1. The maximum atomic E-state index is 12.1. The van der Waals surface area contributed by atoms with Crippen molar-refractivity contribution in [1.29, 1.82) is 0 Å². The Morgan fingerprint density at radius 3 is 2.59 bits per heavy atom. The van der Waals surface area contributed by atoms with Crippen LogP contribution in [-0.4, -0.2) is 17.9 Å². The Bertz CT molecular complexity index is 493. The van der Waals surface area contributed by atoms with Gasteiger partial charge in [0.2, 0.25) is 0 Å². The van der Waals surface area contributed by atoms with Gasteiger partial charge in [-0.3, -0.25) is 4.79 Å². The second-order valence-corrected chi connectivity index (χ2v) is 6.03. The Morgan fingerprint density at radius 1 is 1.29 bits per heavy atom. The van der Waals surface area contributed by atoms with E-state index < -0.39 is 0 Å². The van der Waals surface area contributed by atoms with Crippen LogP contribution in [0.25, 0.3) is 0 Å². The minimum absolute atomic E-state index is 0.0646. The van der Waals surface area contributed by atoms with Crippen LogP contribution in [0, 0.1) is 3.57 Å². The number of halogens is 1. The molecule has 1 aromatic heterocycles. The Labute approximate surface area is 118 Å². The molecule has 0 radical (unpaired) electrons. The van der Waals surface area contributed by atoms with E-state index in [9.17, 15) is 4.79 Å². The number of hydrogen-bond acceptors (Lipinski definition) is 2. The third-order valence-corrected chi connectivity index (χ3v) is 3.99. The van der Waals surface area contributed by atoms with E-state index in [1.807, 2.05) is 48.8 Å². The van der Waals surface area contributed by atoms with E-state index in [4.69, 9.17) is 0 Å². The van der Waals surface area contributed by atoms with Gasteiger partial charge in [-0.1, -0.05) is 6.07 Å². The molecule has 0 atom stereocenters. The molecule has 88 valence electrons. The first-order valence-electron chi connectivity index (χ1n) is 5.20. The molecule has 0 N–H and O–H groups in total. The Morgan fingerprint density at radius 2 is 2.00 bits per heavy atom. The second-order valence-electron chi connectivity index (χ2n) is 3.75. The molecule has 2 nitrogen and oxygen atoms in total. The molecule has 2 aromatic rings. The highest BCUT2D eigenvalue weighted by Crippen LogP contribution is 2.14. The fourth-order valence-electron chi connectivity index (χ4n) is 1.52. The minimum Gasteiger partial charge on any atom is -0.337 e. The van der Waals surface area contributed by atoms with Crippen molar-refractivity contribution in [3.63, 3.8) is 0 Å². The highest BCUT2D eigenvalue weighted by Gasteiger charge is 2.11. The first-order chi connectivity index (χ1) is 8.16. The van der Waals surface area contributed by atoms with E-state index in [0.717, 1.165) is 9.13 Å². The van der Waals surface area contributed by atoms with Crippen molar-refractivity contribution in [3.8, 4) is 0 Å². The molecule has 2 rings (SSSR count). The van der Waals surface area contributed by atoms with Crippen molar-refractivity contribution >= 4 is 39.8 Å². The number of rotatable bonds is 3. The summed E-state index contributed by atoms with van der Waals surface area (Å²) < 4.78 is 1.14. The van der Waals surface area contributed by atoms with Gasteiger partial charge < -0.3 is 4.90 Å². The molecule has 0 aliphatic carbocycles. The van der Waals surface area contributed by atoms with Crippen molar-refractivity contribution in [2.75, 3.05) is 7.05 Å². The maximum Gasteiger partial charge on any atom is 0.253 e. The molecule has 17 heavy (non-hydrogen) atoms. The lowest BCUT2D eigenvalue weighted by Gasteiger charge is -2.16.